The van der Waals surface area contributed by atoms with Crippen LogP contribution in [0.3, 0.4) is 0 Å². The largest absolute Gasteiger partial charge is 0.388 e. The first-order chi connectivity index (χ1) is 16.3. The van der Waals surface area contributed by atoms with Crippen molar-refractivity contribution in [3.05, 3.63) is 65.7 Å². The maximum Gasteiger partial charge on any atom is 0.272 e. The number of piperidine rings is 1. The van der Waals surface area contributed by atoms with Gasteiger partial charge in [0.25, 0.3) is 5.91 Å². The Morgan fingerprint density at radius 1 is 1.15 bits per heavy atom. The van der Waals surface area contributed by atoms with Gasteiger partial charge in [0.15, 0.2) is 0 Å². The Balaban J connectivity index is 1.39. The maximum absolute atomic E-state index is 13.2. The molecule has 9 heteroatoms. The van der Waals surface area contributed by atoms with Gasteiger partial charge < -0.3 is 9.74 Å². The summed E-state index contributed by atoms with van der Waals surface area (Å²) in [5, 5.41) is 13.1. The molecule has 2 aromatic carbocycles. The summed E-state index contributed by atoms with van der Waals surface area (Å²) < 4.78 is 27.5. The molecular weight excluding hydrogens is 452 g/mol. The van der Waals surface area contributed by atoms with Crippen molar-refractivity contribution in [2.45, 2.75) is 49.6 Å². The van der Waals surface area contributed by atoms with Crippen molar-refractivity contribution >= 4 is 21.6 Å². The minimum Gasteiger partial charge on any atom is -0.388 e. The van der Waals surface area contributed by atoms with E-state index in [0.717, 1.165) is 11.1 Å². The van der Waals surface area contributed by atoms with Crippen molar-refractivity contribution in [2.75, 3.05) is 19.6 Å². The van der Waals surface area contributed by atoms with Crippen LogP contribution in [0, 0.1) is 18.3 Å². The fraction of sp³-hybridized carbons (Fsp3) is 0.400. The average molecular weight is 481 g/mol. The van der Waals surface area contributed by atoms with E-state index in [-0.39, 0.29) is 17.2 Å². The van der Waals surface area contributed by atoms with E-state index in [9.17, 15) is 13.2 Å². The molecule has 34 heavy (non-hydrogen) atoms. The van der Waals surface area contributed by atoms with Crippen LogP contribution >= 0.6 is 0 Å². The first-order valence-corrected chi connectivity index (χ1v) is 12.8. The van der Waals surface area contributed by atoms with Gasteiger partial charge in [-0.3, -0.25) is 4.79 Å². The highest BCUT2D eigenvalue weighted by molar-refractivity contribution is 7.89. The molecule has 0 atom stereocenters. The van der Waals surface area contributed by atoms with E-state index in [1.165, 1.54) is 4.31 Å². The fourth-order valence-electron chi connectivity index (χ4n) is 4.32. The van der Waals surface area contributed by atoms with Crippen molar-refractivity contribution < 1.29 is 18.0 Å². The Labute approximate surface area is 200 Å². The molecule has 0 bridgehead atoms. The highest BCUT2D eigenvalue weighted by Crippen LogP contribution is 2.36. The zero-order valence-corrected chi connectivity index (χ0v) is 20.0. The summed E-state index contributed by atoms with van der Waals surface area (Å²) in [5.74, 6) is -0.245. The summed E-state index contributed by atoms with van der Waals surface area (Å²) in [4.78, 5) is 20.9. The van der Waals surface area contributed by atoms with E-state index in [4.69, 9.17) is 10.1 Å². The molecule has 0 aliphatic carbocycles. The third-order valence-corrected chi connectivity index (χ3v) is 8.29. The number of hydrogen-bond donors (Lipinski definition) is 0. The lowest BCUT2D eigenvalue weighted by atomic mass is 9.87. The van der Waals surface area contributed by atoms with Crippen LogP contribution in [0.4, 0.5) is 0 Å². The van der Waals surface area contributed by atoms with E-state index < -0.39 is 15.6 Å². The number of aryl methyl sites for hydroxylation is 1. The van der Waals surface area contributed by atoms with Crippen LogP contribution in [0.1, 0.15) is 36.8 Å². The van der Waals surface area contributed by atoms with Crippen molar-refractivity contribution in [1.29, 1.82) is 5.26 Å². The smallest absolute Gasteiger partial charge is 0.272 e. The summed E-state index contributed by atoms with van der Waals surface area (Å²) in [6.45, 7) is 3.21. The molecule has 1 spiro atoms. The SMILES string of the molecule is Cc1ccc(S(=O)(=O)N2CCC3(CC2)CC(C(=O)N(CCC#N)Cc2ccccc2)=NO3)cc1. The normalized spacial score (nSPS) is 17.6. The Bertz CT molecular complexity index is 1200. The van der Waals surface area contributed by atoms with Crippen LogP contribution in [0.2, 0.25) is 0 Å². The Morgan fingerprint density at radius 2 is 1.82 bits per heavy atom. The second-order valence-corrected chi connectivity index (χ2v) is 10.8. The molecule has 0 unspecified atom stereocenters. The van der Waals surface area contributed by atoms with Crippen LogP contribution in [0.25, 0.3) is 0 Å². The first kappa shape index (κ1) is 23.9. The summed E-state index contributed by atoms with van der Waals surface area (Å²) in [6.07, 6.45) is 1.47. The van der Waals surface area contributed by atoms with E-state index in [1.807, 2.05) is 37.3 Å². The number of nitriles is 1. The number of oxime groups is 1. The average Bonchev–Trinajstić information content (AvgIpc) is 3.26. The number of carbonyl (C=O) groups excluding carboxylic acids is 1. The van der Waals surface area contributed by atoms with Crippen molar-refractivity contribution in [3.63, 3.8) is 0 Å². The van der Waals surface area contributed by atoms with E-state index in [0.29, 0.717) is 51.2 Å². The Kier molecular flexibility index (Phi) is 7.00. The standard InChI is InChI=1S/C25H28N4O4S/c1-20-8-10-22(11-9-20)34(31,32)29-16-12-25(13-17-29)18-23(27-33-25)24(30)28(15-5-14-26)19-21-6-3-2-4-7-21/h2-4,6-11H,5,12-13,15-19H2,1H3. The maximum atomic E-state index is 13.2. The van der Waals surface area contributed by atoms with Crippen molar-refractivity contribution in [1.82, 2.24) is 9.21 Å². The summed E-state index contributed by atoms with van der Waals surface area (Å²) in [7, 11) is -3.58. The molecule has 1 saturated heterocycles. The zero-order chi connectivity index (χ0) is 24.2. The van der Waals surface area contributed by atoms with E-state index in [2.05, 4.69) is 11.2 Å². The quantitative estimate of drug-likeness (QED) is 0.605. The highest BCUT2D eigenvalue weighted by atomic mass is 32.2. The van der Waals surface area contributed by atoms with Gasteiger partial charge in [-0.25, -0.2) is 8.42 Å². The molecule has 1 fully saturated rings. The molecule has 1 amide bonds. The minimum absolute atomic E-state index is 0.226. The number of amides is 1. The molecule has 0 radical (unpaired) electrons. The van der Waals surface area contributed by atoms with Gasteiger partial charge >= 0.3 is 0 Å². The lowest BCUT2D eigenvalue weighted by Crippen LogP contribution is -2.47. The molecule has 0 N–H and O–H groups in total. The zero-order valence-electron chi connectivity index (χ0n) is 19.2. The second-order valence-electron chi connectivity index (χ2n) is 8.83. The topological polar surface area (TPSA) is 103 Å². The molecule has 4 rings (SSSR count). The predicted molar refractivity (Wildman–Crippen MR) is 127 cm³/mol. The number of sulfonamides is 1. The van der Waals surface area contributed by atoms with Gasteiger partial charge in [-0.15, -0.1) is 0 Å². The molecule has 8 nitrogen and oxygen atoms in total. The highest BCUT2D eigenvalue weighted by Gasteiger charge is 2.46. The third kappa shape index (κ3) is 5.13. The molecule has 2 aromatic rings. The number of rotatable bonds is 7. The number of benzene rings is 2. The van der Waals surface area contributed by atoms with Gasteiger partial charge in [0.05, 0.1) is 17.4 Å². The fourth-order valence-corrected chi connectivity index (χ4v) is 5.76. The summed E-state index contributed by atoms with van der Waals surface area (Å²) >= 11 is 0. The van der Waals surface area contributed by atoms with Crippen LogP contribution in [0.15, 0.2) is 64.6 Å². The van der Waals surface area contributed by atoms with Crippen molar-refractivity contribution in [2.24, 2.45) is 5.16 Å². The van der Waals surface area contributed by atoms with E-state index >= 15 is 0 Å². The molecule has 0 aromatic heterocycles. The van der Waals surface area contributed by atoms with Gasteiger partial charge in [0.2, 0.25) is 10.0 Å². The van der Waals surface area contributed by atoms with Crippen LogP contribution in [0.5, 0.6) is 0 Å². The van der Waals surface area contributed by atoms with Crippen LogP contribution in [-0.4, -0.2) is 54.5 Å². The van der Waals surface area contributed by atoms with Gasteiger partial charge in [-0.2, -0.15) is 9.57 Å². The van der Waals surface area contributed by atoms with Crippen molar-refractivity contribution in [3.8, 4) is 6.07 Å². The van der Waals surface area contributed by atoms with Crippen LogP contribution in [-0.2, 0) is 26.2 Å². The molecule has 178 valence electrons. The first-order valence-electron chi connectivity index (χ1n) is 11.3. The number of nitrogens with zero attached hydrogens (tertiary/aromatic N) is 4. The second kappa shape index (κ2) is 9.95. The molecule has 2 heterocycles. The Hall–Kier alpha value is -3.22. The van der Waals surface area contributed by atoms with Crippen LogP contribution < -0.4 is 0 Å². The van der Waals surface area contributed by atoms with E-state index in [1.54, 1.807) is 29.2 Å². The predicted octanol–water partition coefficient (Wildman–Crippen LogP) is 3.24. The molecule has 2 aliphatic rings. The van der Waals surface area contributed by atoms with Gasteiger partial charge in [0.1, 0.15) is 11.3 Å². The molecule has 0 saturated carbocycles. The number of hydrogen-bond acceptors (Lipinski definition) is 6. The lowest BCUT2D eigenvalue weighted by molar-refractivity contribution is -0.124. The molecule has 2 aliphatic heterocycles. The molecular formula is C25H28N4O4S. The number of carbonyl (C=O) groups is 1. The minimum atomic E-state index is -3.58. The summed E-state index contributed by atoms with van der Waals surface area (Å²) in [6, 6.07) is 18.5. The third-order valence-electron chi connectivity index (χ3n) is 6.38. The summed E-state index contributed by atoms with van der Waals surface area (Å²) in [5.41, 5.74) is 1.63. The van der Waals surface area contributed by atoms with Gasteiger partial charge in [-0.05, 0) is 24.6 Å². The lowest BCUT2D eigenvalue weighted by Gasteiger charge is -2.36. The van der Waals surface area contributed by atoms with Gasteiger partial charge in [-0.1, -0.05) is 53.2 Å². The monoisotopic (exact) mass is 480 g/mol. The van der Waals surface area contributed by atoms with Gasteiger partial charge in [0, 0.05) is 45.4 Å². The Morgan fingerprint density at radius 3 is 2.47 bits per heavy atom.